The van der Waals surface area contributed by atoms with Crippen molar-refractivity contribution in [3.8, 4) is 34.5 Å². The maximum atomic E-state index is 9.69. The Labute approximate surface area is 867 Å². The molecule has 6 aromatic heterocycles. The first-order chi connectivity index (χ1) is 68.7. The Hall–Kier alpha value is -11.6. The smallest absolute Gasteiger partial charge is 0.493 e. The molecule has 776 valence electrons. The largest absolute Gasteiger partial charge is 2.00 e. The van der Waals surface area contributed by atoms with Crippen LogP contribution in [0, 0.1) is 41.0 Å². The van der Waals surface area contributed by atoms with Crippen LogP contribution < -0.4 is 103 Å². The first kappa shape index (κ1) is 126. The summed E-state index contributed by atoms with van der Waals surface area (Å²) in [6.07, 6.45) is 28.5. The number of rotatable bonds is 48. The number of nitrogens with zero attached hydrogens (tertiary/aromatic N) is 12. The van der Waals surface area contributed by atoms with Gasteiger partial charge >= 0.3 is 34.1 Å². The van der Waals surface area contributed by atoms with Gasteiger partial charge in [0, 0.05) is 61.8 Å². The second kappa shape index (κ2) is 72.6. The zero-order valence-electron chi connectivity index (χ0n) is 77.7. The maximum Gasteiger partial charge on any atom is 2.00 e. The number of aliphatic imine (C=N–C) groups is 6. The third-order valence-corrected chi connectivity index (χ3v) is 19.0. The molecule has 0 amide bonds. The van der Waals surface area contributed by atoms with E-state index in [4.69, 9.17) is 103 Å². The molecule has 6 aromatic carbocycles. The Bertz CT molecular complexity index is 5170. The number of benzene rings is 6. The maximum absolute atomic E-state index is 9.69. The van der Waals surface area contributed by atoms with Gasteiger partial charge in [0.05, 0.1) is 174 Å². The van der Waals surface area contributed by atoms with E-state index in [-0.39, 0.29) is 110 Å². The molecule has 12 aromatic rings. The van der Waals surface area contributed by atoms with Crippen LogP contribution in [0.2, 0.25) is 0 Å². The second-order valence-electron chi connectivity index (χ2n) is 29.6. The zero-order valence-corrected chi connectivity index (χ0v) is 83.0. The Morgan fingerprint density at radius 3 is 0.538 bits per heavy atom. The number of aromatic nitrogens is 6. The molecule has 0 spiro atoms. The van der Waals surface area contributed by atoms with Gasteiger partial charge in [0.15, 0.2) is 0 Å². The average Bonchev–Trinajstić information content (AvgIpc) is 0.607. The van der Waals surface area contributed by atoms with Gasteiger partial charge < -0.3 is 59.1 Å². The molecule has 0 saturated heterocycles. The Balaban J connectivity index is 0.000000410. The zero-order chi connectivity index (χ0) is 104. The van der Waals surface area contributed by atoms with E-state index in [1.165, 1.54) is 0 Å². The molecular weight excluding hydrogens is 2060 g/mol. The summed E-state index contributed by atoms with van der Waals surface area (Å²) in [7, 11) is -19.8. The van der Waals surface area contributed by atoms with Crippen LogP contribution >= 0.6 is 0 Å². The minimum absolute atomic E-state index is 0. The predicted octanol–water partition coefficient (Wildman–Crippen LogP) is -2.80. The fraction of sp³-hybridized carbons (Fsp3) is 0.273. The Morgan fingerprint density at radius 2 is 0.379 bits per heavy atom. The first-order valence-corrected chi connectivity index (χ1v) is 48.8. The van der Waals surface area contributed by atoms with E-state index in [0.717, 1.165) is 103 Å². The van der Waals surface area contributed by atoms with Crippen molar-refractivity contribution >= 4 is 37.3 Å². The molecule has 46 heteroatoms. The number of aliphatic hydroxyl groups excluding tert-OH is 6. The van der Waals surface area contributed by atoms with Crippen molar-refractivity contribution in [3.63, 3.8) is 0 Å². The summed E-state index contributed by atoms with van der Waals surface area (Å²) < 4.78 is 171. The van der Waals surface area contributed by atoms with Crippen LogP contribution in [0.3, 0.4) is 0 Å². The summed E-state index contributed by atoms with van der Waals surface area (Å²) in [6, 6.07) is 78.6. The fourth-order valence-corrected chi connectivity index (χ4v) is 12.2. The van der Waals surface area contributed by atoms with Crippen LogP contribution in [0.15, 0.2) is 322 Å². The van der Waals surface area contributed by atoms with Crippen LogP contribution in [0.5, 0.6) is 34.5 Å². The van der Waals surface area contributed by atoms with E-state index >= 15 is 0 Å². The summed E-state index contributed by atoms with van der Waals surface area (Å²) in [5, 5.41) is 57.9. The van der Waals surface area contributed by atoms with Gasteiger partial charge in [-0.15, -0.1) is 41.0 Å². The van der Waals surface area contributed by atoms with E-state index in [9.17, 15) is 30.6 Å². The molecule has 12 rings (SSSR count). The molecule has 6 heterocycles. The van der Waals surface area contributed by atoms with Gasteiger partial charge in [-0.1, -0.05) is 182 Å². The van der Waals surface area contributed by atoms with E-state index in [2.05, 4.69) is 59.9 Å². The molecule has 0 aliphatic heterocycles. The third kappa shape index (κ3) is 60.8. The van der Waals surface area contributed by atoms with Crippen LogP contribution in [0.1, 0.15) is 162 Å². The minimum Gasteiger partial charge on any atom is -0.493 e. The first-order valence-electron chi connectivity index (χ1n) is 43.9. The van der Waals surface area contributed by atoms with Gasteiger partial charge in [0.25, 0.3) is 0 Å². The van der Waals surface area contributed by atoms with E-state index in [1.807, 2.05) is 255 Å². The quantitative estimate of drug-likeness (QED) is 0.0127. The van der Waals surface area contributed by atoms with Gasteiger partial charge in [-0.2, -0.15) is 0 Å². The molecule has 0 bridgehead atoms. The number of halogens is 4. The summed E-state index contributed by atoms with van der Waals surface area (Å²) >= 11 is 0. The Morgan fingerprint density at radius 1 is 0.214 bits per heavy atom. The molecule has 0 fully saturated rings. The number of hydrogen-bond acceptors (Lipinski definition) is 40. The SMILES string of the molecule is OC[C@H](N=Cc1ccc(OCCCCCOc2ccc(C=N[C@@H](CO)c3ccccc3)nc2)cn1)c1ccccc1.OC[C@H](N=Cc1ccc(OCCCCCOc2ccnc(C=N[C@@H](CO)c3ccccc3)c2)cn1)c1ccccc1.OC[C@H](N=Cc1ccc(OCCCCCOc2ccnc(C=N[C@@H](CO)c3ccccc3)c2)cn1)c1ccccc1.[Fe+2].[Fe+2].[O-][Cl+3]([O-])([O-])[O-].[O-][Cl+3]([O-])([O-])[O-].[O-][Cl+3]([O-])([O-])[O-].[O-][Cl+3]([O-])([O-])[O-]. The number of ether oxygens (including phenoxy) is 6. The summed E-state index contributed by atoms with van der Waals surface area (Å²) in [5.41, 5.74) is 9.95. The standard InChI is InChI=1S/3C33H36N4O4.4ClHO4.2Fe/c38-24-32(26-10-4-1-5-11-26)36-20-28-14-16-30(22-34-28)40-18-8-3-9-19-41-31-17-15-29(35-23-31)21-37-33(25-39)27-12-6-2-7-13-27;2*38-24-32(26-10-4-1-5-11-26)36-21-28-14-15-31(23-35-28)41-19-9-3-8-18-40-30-16-17-34-29(20-30)22-37-33(25-39)27-12-6-2-7-13-27;4*2-1(3,4)5;;/h3*1-2,4-7,10-17,20-23,32-33,38-39H,3,8-9,18-19,24-25H2;4*(H,2,3,4,5);;/q;;;;;;;2*+2/p-4/t3*32-,33-;;;;;;/m000....../s1. The van der Waals surface area contributed by atoms with Crippen molar-refractivity contribution < 1.29 is 209 Å². The van der Waals surface area contributed by atoms with E-state index in [0.29, 0.717) is 96.8 Å². The van der Waals surface area contributed by atoms with E-state index in [1.54, 1.807) is 74.5 Å². The van der Waals surface area contributed by atoms with Crippen LogP contribution in [0.25, 0.3) is 0 Å². The van der Waals surface area contributed by atoms with Crippen molar-refractivity contribution in [2.45, 2.75) is 94.0 Å². The number of unbranched alkanes of at least 4 members (excludes halogenated alkanes) is 6. The van der Waals surface area contributed by atoms with Crippen LogP contribution in [0.4, 0.5) is 0 Å². The molecule has 0 saturated carbocycles. The molecule has 0 radical (unpaired) electrons. The van der Waals surface area contributed by atoms with Crippen LogP contribution in [-0.2, 0) is 34.1 Å². The normalized spacial score (nSPS) is 12.6. The fourth-order valence-electron chi connectivity index (χ4n) is 12.2. The molecule has 0 aliphatic rings. The monoisotopic (exact) mass is 2160 g/mol. The molecule has 40 nitrogen and oxygen atoms in total. The molecular formula is C99H108Cl4Fe2N12O28. The summed E-state index contributed by atoms with van der Waals surface area (Å²) in [6.45, 7) is 3.19. The van der Waals surface area contributed by atoms with Crippen molar-refractivity contribution in [1.29, 1.82) is 0 Å². The summed E-state index contributed by atoms with van der Waals surface area (Å²) in [5.74, 6) is 4.32. The van der Waals surface area contributed by atoms with Gasteiger partial charge in [-0.3, -0.25) is 59.9 Å². The number of aliphatic hydroxyl groups is 6. The molecule has 6 N–H and O–H groups in total. The van der Waals surface area contributed by atoms with Gasteiger partial charge in [-0.05, 0) is 152 Å². The van der Waals surface area contributed by atoms with Gasteiger partial charge in [0.1, 0.15) is 34.5 Å². The van der Waals surface area contributed by atoms with Gasteiger partial charge in [-0.25, -0.2) is 74.5 Å². The molecule has 6 atom stereocenters. The molecule has 0 aliphatic carbocycles. The van der Waals surface area contributed by atoms with Gasteiger partial charge in [0.2, 0.25) is 0 Å². The van der Waals surface area contributed by atoms with E-state index < -0.39 is 41.0 Å². The van der Waals surface area contributed by atoms with Crippen molar-refractivity contribution in [3.05, 3.63) is 360 Å². The van der Waals surface area contributed by atoms with Crippen molar-refractivity contribution in [1.82, 2.24) is 29.9 Å². The number of pyridine rings is 6. The van der Waals surface area contributed by atoms with Crippen LogP contribution in [-0.4, -0.2) is 177 Å². The van der Waals surface area contributed by atoms with Crippen molar-refractivity contribution in [2.24, 2.45) is 30.0 Å². The summed E-state index contributed by atoms with van der Waals surface area (Å²) in [4.78, 5) is 53.0. The molecule has 145 heavy (non-hydrogen) atoms. The Kier molecular flexibility index (Phi) is 62.9. The minimum atomic E-state index is -4.94. The third-order valence-electron chi connectivity index (χ3n) is 19.0. The average molecular weight is 2170 g/mol. The topological polar surface area (TPSA) is 697 Å². The molecule has 0 unspecified atom stereocenters. The second-order valence-corrected chi connectivity index (χ2v) is 32.6. The number of hydrogen-bond donors (Lipinski definition) is 6. The van der Waals surface area contributed by atoms with Crippen molar-refractivity contribution in [2.75, 3.05) is 79.3 Å². The predicted molar refractivity (Wildman–Crippen MR) is 483 cm³/mol.